The highest BCUT2D eigenvalue weighted by molar-refractivity contribution is 5.41. The van der Waals surface area contributed by atoms with E-state index in [1.165, 1.54) is 0 Å². The summed E-state index contributed by atoms with van der Waals surface area (Å²) in [6, 6.07) is 9.74. The number of nitrogens with zero attached hydrogens (tertiary/aromatic N) is 1. The number of nitrogens with one attached hydrogen (secondary N) is 1. The summed E-state index contributed by atoms with van der Waals surface area (Å²) >= 11 is 0. The molecule has 16 heavy (non-hydrogen) atoms. The van der Waals surface area contributed by atoms with Gasteiger partial charge in [-0.25, -0.2) is 0 Å². The topological polar surface area (TPSA) is 45.0 Å². The van der Waals surface area contributed by atoms with Crippen LogP contribution in [-0.2, 0) is 4.74 Å². The van der Waals surface area contributed by atoms with Crippen molar-refractivity contribution in [3.63, 3.8) is 0 Å². The standard InChI is InChI=1S/C13H15N2O/c1-13(9-16-10-13)8-15-7-12-5-3-2-4-11(12)6-14/h2-5,7,15H,8-10H2,1H3. The van der Waals surface area contributed by atoms with Gasteiger partial charge in [0.1, 0.15) is 0 Å². The molecule has 2 rings (SSSR count). The Balaban J connectivity index is 1.87. The fourth-order valence-corrected chi connectivity index (χ4v) is 1.68. The van der Waals surface area contributed by atoms with Crippen LogP contribution in [0.2, 0.25) is 0 Å². The number of ether oxygens (including phenoxy) is 1. The fourth-order valence-electron chi connectivity index (χ4n) is 1.68. The van der Waals surface area contributed by atoms with Gasteiger partial charge in [-0.3, -0.25) is 0 Å². The van der Waals surface area contributed by atoms with Crippen LogP contribution in [0.15, 0.2) is 24.3 Å². The normalized spacial score (nSPS) is 17.5. The van der Waals surface area contributed by atoms with E-state index in [2.05, 4.69) is 18.3 Å². The molecule has 0 atom stereocenters. The first kappa shape index (κ1) is 11.1. The smallest absolute Gasteiger partial charge is 0.0995 e. The zero-order valence-corrected chi connectivity index (χ0v) is 9.36. The Labute approximate surface area is 96.0 Å². The summed E-state index contributed by atoms with van der Waals surface area (Å²) in [6.45, 7) is 6.60. The van der Waals surface area contributed by atoms with E-state index in [9.17, 15) is 0 Å². The summed E-state index contributed by atoms with van der Waals surface area (Å²) in [5, 5.41) is 12.2. The van der Waals surface area contributed by atoms with E-state index in [0.717, 1.165) is 25.3 Å². The molecule has 0 amide bonds. The maximum Gasteiger partial charge on any atom is 0.0995 e. The van der Waals surface area contributed by atoms with Crippen molar-refractivity contribution >= 4 is 0 Å². The van der Waals surface area contributed by atoms with Crippen LogP contribution in [0.1, 0.15) is 18.1 Å². The van der Waals surface area contributed by atoms with E-state index in [0.29, 0.717) is 5.56 Å². The Kier molecular flexibility index (Phi) is 3.23. The number of benzene rings is 1. The van der Waals surface area contributed by atoms with E-state index in [1.807, 2.05) is 30.8 Å². The van der Waals surface area contributed by atoms with Crippen LogP contribution in [0, 0.1) is 23.3 Å². The third-order valence-corrected chi connectivity index (χ3v) is 2.77. The lowest BCUT2D eigenvalue weighted by Crippen LogP contribution is -2.46. The molecule has 1 radical (unpaired) electrons. The predicted molar refractivity (Wildman–Crippen MR) is 61.5 cm³/mol. The first-order valence-corrected chi connectivity index (χ1v) is 5.37. The molecule has 1 aromatic rings. The molecular weight excluding hydrogens is 200 g/mol. The molecule has 1 saturated heterocycles. The Morgan fingerprint density at radius 3 is 2.88 bits per heavy atom. The largest absolute Gasteiger partial charge is 0.380 e. The lowest BCUT2D eigenvalue weighted by molar-refractivity contribution is -0.0980. The van der Waals surface area contributed by atoms with Gasteiger partial charge in [-0.15, -0.1) is 0 Å². The molecule has 83 valence electrons. The second-order valence-corrected chi connectivity index (χ2v) is 4.53. The molecule has 1 aromatic carbocycles. The summed E-state index contributed by atoms with van der Waals surface area (Å²) in [4.78, 5) is 0. The Morgan fingerprint density at radius 1 is 1.50 bits per heavy atom. The maximum absolute atomic E-state index is 8.92. The van der Waals surface area contributed by atoms with Crippen molar-refractivity contribution in [3.8, 4) is 6.07 Å². The zero-order chi connectivity index (χ0) is 11.4. The van der Waals surface area contributed by atoms with Crippen molar-refractivity contribution in [1.29, 1.82) is 5.26 Å². The third-order valence-electron chi connectivity index (χ3n) is 2.77. The molecule has 0 unspecified atom stereocenters. The molecule has 0 aliphatic carbocycles. The van der Waals surface area contributed by atoms with Gasteiger partial charge in [-0.2, -0.15) is 5.26 Å². The molecule has 1 N–H and O–H groups in total. The van der Waals surface area contributed by atoms with Crippen LogP contribution >= 0.6 is 0 Å². The van der Waals surface area contributed by atoms with Crippen molar-refractivity contribution in [3.05, 3.63) is 41.9 Å². The van der Waals surface area contributed by atoms with Gasteiger partial charge in [0.15, 0.2) is 0 Å². The molecule has 3 nitrogen and oxygen atoms in total. The van der Waals surface area contributed by atoms with E-state index in [4.69, 9.17) is 10.00 Å². The lowest BCUT2D eigenvalue weighted by Gasteiger charge is -2.38. The molecule has 1 heterocycles. The fraction of sp³-hybridized carbons (Fsp3) is 0.385. The molecule has 3 heteroatoms. The SMILES string of the molecule is CC1(CN[CH]c2ccccc2C#N)COC1. The average Bonchev–Trinajstić information content (AvgIpc) is 2.27. The highest BCUT2D eigenvalue weighted by Gasteiger charge is 2.32. The molecule has 0 saturated carbocycles. The van der Waals surface area contributed by atoms with Crippen molar-refractivity contribution in [2.45, 2.75) is 6.92 Å². The first-order chi connectivity index (χ1) is 7.73. The maximum atomic E-state index is 8.92. The van der Waals surface area contributed by atoms with Crippen LogP contribution in [-0.4, -0.2) is 19.8 Å². The highest BCUT2D eigenvalue weighted by Crippen LogP contribution is 2.25. The first-order valence-electron chi connectivity index (χ1n) is 5.37. The summed E-state index contributed by atoms with van der Waals surface area (Å²) in [7, 11) is 0. The molecule has 0 aromatic heterocycles. The zero-order valence-electron chi connectivity index (χ0n) is 9.36. The van der Waals surface area contributed by atoms with Crippen LogP contribution in [0.3, 0.4) is 0 Å². The summed E-state index contributed by atoms with van der Waals surface area (Å²) in [5.74, 6) is 0. The van der Waals surface area contributed by atoms with E-state index in [1.54, 1.807) is 0 Å². The van der Waals surface area contributed by atoms with E-state index >= 15 is 0 Å². The van der Waals surface area contributed by atoms with Gasteiger partial charge in [0.25, 0.3) is 0 Å². The molecule has 1 aliphatic rings. The molecule has 0 bridgehead atoms. The summed E-state index contributed by atoms with van der Waals surface area (Å²) in [5.41, 5.74) is 1.89. The number of rotatable bonds is 4. The van der Waals surface area contributed by atoms with Crippen LogP contribution < -0.4 is 5.32 Å². The predicted octanol–water partition coefficient (Wildman–Crippen LogP) is 1.69. The lowest BCUT2D eigenvalue weighted by atomic mass is 9.88. The number of hydrogen-bond donors (Lipinski definition) is 1. The van der Waals surface area contributed by atoms with Gasteiger partial charge in [-0.05, 0) is 11.6 Å². The van der Waals surface area contributed by atoms with Crippen molar-refractivity contribution in [2.24, 2.45) is 5.41 Å². The van der Waals surface area contributed by atoms with E-state index in [-0.39, 0.29) is 5.41 Å². The van der Waals surface area contributed by atoms with Crippen molar-refractivity contribution in [1.82, 2.24) is 5.32 Å². The van der Waals surface area contributed by atoms with Crippen LogP contribution in [0.4, 0.5) is 0 Å². The van der Waals surface area contributed by atoms with Gasteiger partial charge >= 0.3 is 0 Å². The Morgan fingerprint density at radius 2 is 2.25 bits per heavy atom. The quantitative estimate of drug-likeness (QED) is 0.831. The van der Waals surface area contributed by atoms with Gasteiger partial charge in [-0.1, -0.05) is 25.1 Å². The van der Waals surface area contributed by atoms with Gasteiger partial charge in [0, 0.05) is 12.0 Å². The molecule has 1 aliphatic heterocycles. The Hall–Kier alpha value is -1.37. The van der Waals surface area contributed by atoms with Crippen molar-refractivity contribution in [2.75, 3.05) is 19.8 Å². The molecule has 1 fully saturated rings. The number of hydrogen-bond acceptors (Lipinski definition) is 3. The summed E-state index contributed by atoms with van der Waals surface area (Å²) in [6.07, 6.45) is 0. The second kappa shape index (κ2) is 4.65. The average molecular weight is 215 g/mol. The minimum absolute atomic E-state index is 0.248. The third kappa shape index (κ3) is 2.41. The minimum Gasteiger partial charge on any atom is -0.380 e. The van der Waals surface area contributed by atoms with Crippen LogP contribution in [0.25, 0.3) is 0 Å². The van der Waals surface area contributed by atoms with Gasteiger partial charge in [0.2, 0.25) is 0 Å². The van der Waals surface area contributed by atoms with E-state index < -0.39 is 0 Å². The Bertz CT molecular complexity index is 405. The molecular formula is C13H15N2O. The number of nitriles is 1. The van der Waals surface area contributed by atoms with Gasteiger partial charge < -0.3 is 10.1 Å². The highest BCUT2D eigenvalue weighted by atomic mass is 16.5. The molecule has 0 spiro atoms. The van der Waals surface area contributed by atoms with Crippen LogP contribution in [0.5, 0.6) is 0 Å². The second-order valence-electron chi connectivity index (χ2n) is 4.53. The van der Waals surface area contributed by atoms with Gasteiger partial charge in [0.05, 0.1) is 31.4 Å². The minimum atomic E-state index is 0.248. The monoisotopic (exact) mass is 215 g/mol. The summed E-state index contributed by atoms with van der Waals surface area (Å²) < 4.78 is 5.18. The van der Waals surface area contributed by atoms with Crippen molar-refractivity contribution < 1.29 is 4.74 Å².